The molecule has 1 aliphatic heterocycles. The second-order valence-electron chi connectivity index (χ2n) is 4.31. The molecule has 1 unspecified atom stereocenters. The summed E-state index contributed by atoms with van der Waals surface area (Å²) in [5.74, 6) is -0.413. The van der Waals surface area contributed by atoms with Gasteiger partial charge in [0.05, 0.1) is 5.71 Å². The van der Waals surface area contributed by atoms with Gasteiger partial charge in [0.15, 0.2) is 0 Å². The van der Waals surface area contributed by atoms with Gasteiger partial charge in [-0.15, -0.1) is 0 Å². The van der Waals surface area contributed by atoms with Crippen LogP contribution in [-0.4, -0.2) is 23.6 Å². The Hall–Kier alpha value is -1.88. The van der Waals surface area contributed by atoms with Crippen LogP contribution in [0.5, 0.6) is 0 Å². The minimum absolute atomic E-state index is 0.105. The fourth-order valence-corrected chi connectivity index (χ4v) is 2.11. The SMILES string of the molecule is C/C(=N\NC(=O)C1CCC(=O)N1)c1ccccc1Cl. The first-order valence-electron chi connectivity index (χ1n) is 5.96. The van der Waals surface area contributed by atoms with Crippen LogP contribution in [0.25, 0.3) is 0 Å². The summed E-state index contributed by atoms with van der Waals surface area (Å²) in [7, 11) is 0. The van der Waals surface area contributed by atoms with Gasteiger partial charge in [-0.3, -0.25) is 9.59 Å². The molecule has 19 heavy (non-hydrogen) atoms. The van der Waals surface area contributed by atoms with Crippen molar-refractivity contribution in [3.63, 3.8) is 0 Å². The van der Waals surface area contributed by atoms with Crippen LogP contribution in [0.4, 0.5) is 0 Å². The van der Waals surface area contributed by atoms with Gasteiger partial charge >= 0.3 is 0 Å². The number of benzene rings is 1. The molecule has 1 aromatic rings. The third-order valence-corrected chi connectivity index (χ3v) is 3.24. The van der Waals surface area contributed by atoms with Crippen LogP contribution in [-0.2, 0) is 9.59 Å². The number of nitrogens with one attached hydrogen (secondary N) is 2. The Balaban J connectivity index is 2.00. The number of carbonyl (C=O) groups excluding carboxylic acids is 2. The summed E-state index contributed by atoms with van der Waals surface area (Å²) in [6, 6.07) is 6.76. The minimum Gasteiger partial charge on any atom is -0.344 e. The van der Waals surface area contributed by atoms with Crippen molar-refractivity contribution < 1.29 is 9.59 Å². The van der Waals surface area contributed by atoms with Gasteiger partial charge in [-0.05, 0) is 19.4 Å². The minimum atomic E-state index is -0.490. The van der Waals surface area contributed by atoms with Crippen molar-refractivity contribution in [2.75, 3.05) is 0 Å². The summed E-state index contributed by atoms with van der Waals surface area (Å²) in [4.78, 5) is 22.8. The lowest BCUT2D eigenvalue weighted by Crippen LogP contribution is -2.39. The molecule has 1 fully saturated rings. The molecular weight excluding hydrogens is 266 g/mol. The summed E-state index contributed by atoms with van der Waals surface area (Å²) >= 11 is 6.03. The third kappa shape index (κ3) is 3.32. The second-order valence-corrected chi connectivity index (χ2v) is 4.72. The van der Waals surface area contributed by atoms with E-state index >= 15 is 0 Å². The maximum absolute atomic E-state index is 11.7. The van der Waals surface area contributed by atoms with E-state index in [9.17, 15) is 9.59 Å². The van der Waals surface area contributed by atoms with Crippen molar-refractivity contribution in [1.82, 2.24) is 10.7 Å². The molecule has 6 heteroatoms. The van der Waals surface area contributed by atoms with Crippen molar-refractivity contribution in [3.8, 4) is 0 Å². The second kappa shape index (κ2) is 5.84. The van der Waals surface area contributed by atoms with Crippen molar-refractivity contribution >= 4 is 29.1 Å². The molecule has 1 atom stereocenters. The van der Waals surface area contributed by atoms with Gasteiger partial charge in [-0.25, -0.2) is 5.43 Å². The van der Waals surface area contributed by atoms with E-state index in [2.05, 4.69) is 15.8 Å². The lowest BCUT2D eigenvalue weighted by atomic mass is 10.1. The average Bonchev–Trinajstić information content (AvgIpc) is 2.83. The van der Waals surface area contributed by atoms with Gasteiger partial charge < -0.3 is 5.32 Å². The molecule has 0 aliphatic carbocycles. The van der Waals surface area contributed by atoms with E-state index in [-0.39, 0.29) is 11.8 Å². The van der Waals surface area contributed by atoms with E-state index in [0.717, 1.165) is 5.56 Å². The molecule has 0 radical (unpaired) electrons. The van der Waals surface area contributed by atoms with Crippen molar-refractivity contribution in [2.24, 2.45) is 5.10 Å². The quantitative estimate of drug-likeness (QED) is 0.649. The highest BCUT2D eigenvalue weighted by molar-refractivity contribution is 6.34. The molecule has 2 rings (SSSR count). The first-order chi connectivity index (χ1) is 9.08. The van der Waals surface area contributed by atoms with Crippen molar-refractivity contribution in [2.45, 2.75) is 25.8 Å². The number of rotatable bonds is 3. The van der Waals surface area contributed by atoms with Gasteiger partial charge in [0, 0.05) is 17.0 Å². The Morgan fingerprint density at radius 1 is 1.47 bits per heavy atom. The molecule has 0 saturated carbocycles. The summed E-state index contributed by atoms with van der Waals surface area (Å²) < 4.78 is 0. The van der Waals surface area contributed by atoms with Gasteiger partial charge in [0.1, 0.15) is 6.04 Å². The number of halogens is 1. The number of carbonyl (C=O) groups is 2. The topological polar surface area (TPSA) is 70.6 Å². The molecule has 1 aromatic carbocycles. The maximum Gasteiger partial charge on any atom is 0.262 e. The van der Waals surface area contributed by atoms with Gasteiger partial charge in [0.25, 0.3) is 5.91 Å². The number of hydrogen-bond donors (Lipinski definition) is 2. The van der Waals surface area contributed by atoms with Crippen LogP contribution in [0, 0.1) is 0 Å². The highest BCUT2D eigenvalue weighted by Gasteiger charge is 2.26. The largest absolute Gasteiger partial charge is 0.344 e. The molecule has 2 N–H and O–H groups in total. The number of hydrazone groups is 1. The van der Waals surface area contributed by atoms with Crippen molar-refractivity contribution in [1.29, 1.82) is 0 Å². The predicted octanol–water partition coefficient (Wildman–Crippen LogP) is 1.46. The molecule has 0 bridgehead atoms. The van der Waals surface area contributed by atoms with Crippen LogP contribution in [0.3, 0.4) is 0 Å². The molecule has 0 aromatic heterocycles. The van der Waals surface area contributed by atoms with Gasteiger partial charge in [-0.2, -0.15) is 5.10 Å². The fourth-order valence-electron chi connectivity index (χ4n) is 1.84. The van der Waals surface area contributed by atoms with Crippen LogP contribution in [0.1, 0.15) is 25.3 Å². The van der Waals surface area contributed by atoms with Crippen LogP contribution in [0.15, 0.2) is 29.4 Å². The number of amides is 2. The molecule has 5 nitrogen and oxygen atoms in total. The van der Waals surface area contributed by atoms with Crippen molar-refractivity contribution in [3.05, 3.63) is 34.9 Å². The standard InChI is InChI=1S/C13H14ClN3O2/c1-8(9-4-2-3-5-10(9)14)16-17-13(19)11-6-7-12(18)15-11/h2-5,11H,6-7H2,1H3,(H,15,18)(H,17,19)/b16-8+. The van der Waals surface area contributed by atoms with E-state index in [4.69, 9.17) is 11.6 Å². The molecule has 1 heterocycles. The zero-order chi connectivity index (χ0) is 13.8. The molecular formula is C13H14ClN3O2. The van der Waals surface area contributed by atoms with Crippen LogP contribution in [0.2, 0.25) is 5.02 Å². The Bertz CT molecular complexity index is 542. The lowest BCUT2D eigenvalue weighted by Gasteiger charge is -2.08. The zero-order valence-corrected chi connectivity index (χ0v) is 11.2. The molecule has 1 saturated heterocycles. The summed E-state index contributed by atoms with van der Waals surface area (Å²) in [6.07, 6.45) is 0.886. The van der Waals surface area contributed by atoms with E-state index in [1.807, 2.05) is 18.2 Å². The van der Waals surface area contributed by atoms with Gasteiger partial charge in [0.2, 0.25) is 5.91 Å². The molecule has 1 aliphatic rings. The summed E-state index contributed by atoms with van der Waals surface area (Å²) in [5.41, 5.74) is 3.82. The number of hydrogen-bond acceptors (Lipinski definition) is 3. The third-order valence-electron chi connectivity index (χ3n) is 2.91. The van der Waals surface area contributed by atoms with E-state index in [0.29, 0.717) is 23.6 Å². The van der Waals surface area contributed by atoms with E-state index < -0.39 is 6.04 Å². The first-order valence-corrected chi connectivity index (χ1v) is 6.34. The Kier molecular flexibility index (Phi) is 4.16. The smallest absolute Gasteiger partial charge is 0.262 e. The summed E-state index contributed by atoms with van der Waals surface area (Å²) in [6.45, 7) is 1.76. The Morgan fingerprint density at radius 2 is 2.21 bits per heavy atom. The van der Waals surface area contributed by atoms with E-state index in [1.54, 1.807) is 13.0 Å². The molecule has 2 amide bonds. The van der Waals surface area contributed by atoms with E-state index in [1.165, 1.54) is 0 Å². The summed E-state index contributed by atoms with van der Waals surface area (Å²) in [5, 5.41) is 7.16. The monoisotopic (exact) mass is 279 g/mol. The molecule has 100 valence electrons. The van der Waals surface area contributed by atoms with Crippen LogP contribution >= 0.6 is 11.6 Å². The zero-order valence-electron chi connectivity index (χ0n) is 10.4. The number of nitrogens with zero attached hydrogens (tertiary/aromatic N) is 1. The predicted molar refractivity (Wildman–Crippen MR) is 73.0 cm³/mol. The average molecular weight is 280 g/mol. The Labute approximate surface area is 116 Å². The normalized spacial score (nSPS) is 19.2. The maximum atomic E-state index is 11.7. The first kappa shape index (κ1) is 13.5. The molecule has 0 spiro atoms. The van der Waals surface area contributed by atoms with Crippen LogP contribution < -0.4 is 10.7 Å². The Morgan fingerprint density at radius 3 is 2.84 bits per heavy atom. The highest BCUT2D eigenvalue weighted by Crippen LogP contribution is 2.15. The fraction of sp³-hybridized carbons (Fsp3) is 0.308. The highest BCUT2D eigenvalue weighted by atomic mass is 35.5. The lowest BCUT2D eigenvalue weighted by molar-refractivity contribution is -0.125. The van der Waals surface area contributed by atoms with Gasteiger partial charge in [-0.1, -0.05) is 29.8 Å².